The smallest absolute Gasteiger partial charge is 0.195 e. The van der Waals surface area contributed by atoms with Crippen molar-refractivity contribution in [3.8, 4) is 23.0 Å². The van der Waals surface area contributed by atoms with Crippen molar-refractivity contribution in [2.24, 2.45) is 0 Å². The van der Waals surface area contributed by atoms with Gasteiger partial charge in [-0.3, -0.25) is 9.78 Å². The lowest BCUT2D eigenvalue weighted by atomic mass is 10.1. The molecule has 1 aliphatic heterocycles. The van der Waals surface area contributed by atoms with Gasteiger partial charge in [0.15, 0.2) is 32.2 Å². The van der Waals surface area contributed by atoms with Gasteiger partial charge in [-0.15, -0.1) is 0 Å². The van der Waals surface area contributed by atoms with Crippen LogP contribution < -0.4 is 9.64 Å². The number of ether oxygens (including phenoxy) is 1. The van der Waals surface area contributed by atoms with E-state index in [-0.39, 0.29) is 35.3 Å². The van der Waals surface area contributed by atoms with E-state index >= 15 is 0 Å². The fraction of sp³-hybridized carbons (Fsp3) is 0.292. The number of hydrogen-bond acceptors (Lipinski definition) is 9. The highest BCUT2D eigenvalue weighted by Crippen LogP contribution is 2.40. The number of aromatic nitrogens is 5. The van der Waals surface area contributed by atoms with Crippen molar-refractivity contribution < 1.29 is 22.3 Å². The first-order valence-corrected chi connectivity index (χ1v) is 13.0. The number of H-pyrrole nitrogens is 1. The van der Waals surface area contributed by atoms with Gasteiger partial charge in [-0.2, -0.15) is 0 Å². The third-order valence-electron chi connectivity index (χ3n) is 6.03. The maximum atomic E-state index is 14.4. The Balaban J connectivity index is 1.59. The molecule has 36 heavy (non-hydrogen) atoms. The van der Waals surface area contributed by atoms with Crippen LogP contribution in [0.15, 0.2) is 54.1 Å². The van der Waals surface area contributed by atoms with E-state index in [9.17, 15) is 17.6 Å². The summed E-state index contributed by atoms with van der Waals surface area (Å²) in [5.74, 6) is 0.880. The van der Waals surface area contributed by atoms with E-state index in [4.69, 9.17) is 4.74 Å². The molecule has 0 bridgehead atoms. The molecule has 186 valence electrons. The van der Waals surface area contributed by atoms with E-state index in [1.807, 2.05) is 0 Å². The molecular weight excluding hydrogens is 487 g/mol. The molecule has 0 saturated carbocycles. The summed E-state index contributed by atoms with van der Waals surface area (Å²) in [5, 5.41) is -0.0506. The number of ketones is 1. The van der Waals surface area contributed by atoms with Crippen LogP contribution in [0, 0.1) is 0 Å². The topological polar surface area (TPSA) is 131 Å². The van der Waals surface area contributed by atoms with E-state index in [0.717, 1.165) is 0 Å². The Kier molecular flexibility index (Phi) is 6.12. The van der Waals surface area contributed by atoms with Crippen molar-refractivity contribution in [1.29, 1.82) is 0 Å². The van der Waals surface area contributed by atoms with Gasteiger partial charge in [-0.1, -0.05) is 6.92 Å². The number of anilines is 1. The minimum absolute atomic E-state index is 0.0310. The fourth-order valence-electron chi connectivity index (χ4n) is 4.20. The monoisotopic (exact) mass is 510 g/mol. The lowest BCUT2D eigenvalue weighted by molar-refractivity contribution is -0.118. The maximum absolute atomic E-state index is 14.4. The number of halogens is 1. The van der Waals surface area contributed by atoms with Crippen molar-refractivity contribution in [3.05, 3.63) is 49.1 Å². The van der Waals surface area contributed by atoms with Crippen LogP contribution in [0.4, 0.5) is 10.1 Å². The van der Waals surface area contributed by atoms with Crippen molar-refractivity contribution >= 4 is 32.3 Å². The lowest BCUT2D eigenvalue weighted by Gasteiger charge is -2.26. The molecule has 4 heterocycles. The number of benzene rings is 1. The number of nitrogens with zero attached hydrogens (tertiary/aromatic N) is 5. The average Bonchev–Trinajstić information content (AvgIpc) is 3.47. The van der Waals surface area contributed by atoms with Crippen molar-refractivity contribution in [2.75, 3.05) is 17.2 Å². The van der Waals surface area contributed by atoms with Crippen LogP contribution >= 0.6 is 0 Å². The Labute approximate surface area is 206 Å². The molecule has 1 N–H and O–H groups in total. The van der Waals surface area contributed by atoms with Gasteiger partial charge >= 0.3 is 0 Å². The summed E-state index contributed by atoms with van der Waals surface area (Å²) in [5.41, 5.74) is 2.25. The maximum Gasteiger partial charge on any atom is 0.195 e. The highest BCUT2D eigenvalue weighted by atomic mass is 32.2. The van der Waals surface area contributed by atoms with Gasteiger partial charge in [-0.25, -0.2) is 27.8 Å². The number of alkyl halides is 1. The van der Waals surface area contributed by atoms with Crippen LogP contribution in [0.2, 0.25) is 0 Å². The molecule has 0 spiro atoms. The number of aromatic amines is 1. The number of fused-ring (bicyclic) bond motifs is 1. The van der Waals surface area contributed by atoms with Crippen LogP contribution in [0.5, 0.6) is 11.5 Å². The third-order valence-corrected chi connectivity index (χ3v) is 7.67. The molecule has 5 rings (SSSR count). The molecule has 1 aliphatic rings. The first-order valence-electron chi connectivity index (χ1n) is 11.3. The second kappa shape index (κ2) is 9.26. The summed E-state index contributed by atoms with van der Waals surface area (Å²) in [4.78, 5) is 34.1. The van der Waals surface area contributed by atoms with Gasteiger partial charge in [0, 0.05) is 24.9 Å². The first-order chi connectivity index (χ1) is 17.2. The number of hydrogen-bond donors (Lipinski definition) is 1. The Morgan fingerprint density at radius 1 is 1.22 bits per heavy atom. The van der Waals surface area contributed by atoms with Crippen LogP contribution in [0.1, 0.15) is 20.3 Å². The molecule has 1 aromatic carbocycles. The molecule has 4 aromatic rings. The normalized spacial score (nSPS) is 18.0. The largest absolute Gasteiger partial charge is 0.453 e. The number of carbonyl (C=O) groups is 1. The second-order valence-corrected chi connectivity index (χ2v) is 10.7. The zero-order valence-electron chi connectivity index (χ0n) is 19.6. The molecule has 2 atom stereocenters. The minimum Gasteiger partial charge on any atom is -0.453 e. The summed E-state index contributed by atoms with van der Waals surface area (Å²) >= 11 is 0. The number of sulfone groups is 1. The van der Waals surface area contributed by atoms with Crippen molar-refractivity contribution in [3.63, 3.8) is 0 Å². The van der Waals surface area contributed by atoms with Gasteiger partial charge in [-0.05, 0) is 25.1 Å². The molecule has 1 fully saturated rings. The van der Waals surface area contributed by atoms with Crippen LogP contribution in [-0.2, 0) is 14.6 Å². The summed E-state index contributed by atoms with van der Waals surface area (Å²) in [6.45, 7) is 3.01. The summed E-state index contributed by atoms with van der Waals surface area (Å²) in [6, 6.07) is 5.68. The van der Waals surface area contributed by atoms with E-state index in [1.54, 1.807) is 42.5 Å². The standard InChI is InChI=1S/C24H23FN6O4S/c1-3-36(33,34)23-5-4-16(11-28-23)35-22-10-18-17(29-24(30-18)19-12-26-6-7-27-19)9-21(22)31-13-15(25)8-20(31)14(2)32/h4-7,9-12,15,20H,3,8,13H2,1-2H3,(H,29,30)/t15-,20+/m0/s1. The van der Waals surface area contributed by atoms with Gasteiger partial charge in [0.25, 0.3) is 0 Å². The number of imidazole rings is 1. The molecule has 10 nitrogen and oxygen atoms in total. The summed E-state index contributed by atoms with van der Waals surface area (Å²) < 4.78 is 44.7. The highest BCUT2D eigenvalue weighted by Gasteiger charge is 2.37. The second-order valence-electron chi connectivity index (χ2n) is 8.46. The lowest BCUT2D eigenvalue weighted by Crippen LogP contribution is -2.35. The molecule has 0 amide bonds. The predicted molar refractivity (Wildman–Crippen MR) is 130 cm³/mol. The van der Waals surface area contributed by atoms with E-state index < -0.39 is 22.1 Å². The van der Waals surface area contributed by atoms with Crippen molar-refractivity contribution in [2.45, 2.75) is 37.5 Å². The number of Topliss-reactive ketones (excluding diaryl/α,β-unsaturated/α-hetero) is 1. The number of rotatable bonds is 7. The minimum atomic E-state index is -3.46. The Bertz CT molecular complexity index is 1530. The zero-order chi connectivity index (χ0) is 25.4. The zero-order valence-corrected chi connectivity index (χ0v) is 20.4. The van der Waals surface area contributed by atoms with E-state index in [1.165, 1.54) is 25.3 Å². The van der Waals surface area contributed by atoms with Crippen LogP contribution in [0.3, 0.4) is 0 Å². The molecule has 0 aliphatic carbocycles. The average molecular weight is 511 g/mol. The van der Waals surface area contributed by atoms with E-state index in [2.05, 4.69) is 24.9 Å². The molecule has 3 aromatic heterocycles. The predicted octanol–water partition coefficient (Wildman–Crippen LogP) is 3.51. The summed E-state index contributed by atoms with van der Waals surface area (Å²) in [6.07, 6.45) is 4.93. The SMILES string of the molecule is CCS(=O)(=O)c1ccc(Oc2cc3nc(-c4cnccn4)[nH]c3cc2N2C[C@@H](F)C[C@@H]2C(C)=O)cn1. The molecule has 12 heteroatoms. The Morgan fingerprint density at radius 2 is 2.06 bits per heavy atom. The van der Waals surface area contributed by atoms with Gasteiger partial charge < -0.3 is 14.6 Å². The highest BCUT2D eigenvalue weighted by molar-refractivity contribution is 7.91. The quantitative estimate of drug-likeness (QED) is 0.397. The molecule has 1 saturated heterocycles. The van der Waals surface area contributed by atoms with Crippen molar-refractivity contribution in [1.82, 2.24) is 24.9 Å². The fourth-order valence-corrected chi connectivity index (χ4v) is 4.98. The van der Waals surface area contributed by atoms with E-state index in [0.29, 0.717) is 34.0 Å². The molecule has 0 radical (unpaired) electrons. The first kappa shape index (κ1) is 23.8. The van der Waals surface area contributed by atoms with Crippen LogP contribution in [0.25, 0.3) is 22.6 Å². The van der Waals surface area contributed by atoms with Crippen LogP contribution in [-0.4, -0.2) is 63.6 Å². The Morgan fingerprint density at radius 3 is 2.72 bits per heavy atom. The van der Waals surface area contributed by atoms with Gasteiger partial charge in [0.1, 0.15) is 17.6 Å². The number of nitrogens with one attached hydrogen (secondary N) is 1. The van der Waals surface area contributed by atoms with Gasteiger partial charge in [0.2, 0.25) is 0 Å². The summed E-state index contributed by atoms with van der Waals surface area (Å²) in [7, 11) is -3.46. The number of carbonyl (C=O) groups excluding carboxylic acids is 1. The van der Waals surface area contributed by atoms with Gasteiger partial charge in [0.05, 0.1) is 47.5 Å². The molecule has 0 unspecified atom stereocenters. The Hall–Kier alpha value is -3.93. The third kappa shape index (κ3) is 4.51. The number of pyridine rings is 1. The molecular formula is C24H23FN6O4S.